The molecule has 3 N–H and O–H groups in total. The number of anilines is 2. The normalized spacial score (nSPS) is 12.8. The lowest BCUT2D eigenvalue weighted by molar-refractivity contribution is -0.885. The first-order valence-electron chi connectivity index (χ1n) is 8.22. The number of ether oxygens (including phenoxy) is 1. The summed E-state index contributed by atoms with van der Waals surface area (Å²) in [5.74, 6) is 0.138. The van der Waals surface area contributed by atoms with Crippen LogP contribution < -0.4 is 20.3 Å². The predicted molar refractivity (Wildman–Crippen MR) is 103 cm³/mol. The van der Waals surface area contributed by atoms with Gasteiger partial charge in [0, 0.05) is 10.7 Å². The molecule has 0 aliphatic carbocycles. The summed E-state index contributed by atoms with van der Waals surface area (Å²) in [6.45, 7) is 1.90. The zero-order chi connectivity index (χ0) is 19.1. The Labute approximate surface area is 158 Å². The van der Waals surface area contributed by atoms with Gasteiger partial charge in [0.15, 0.2) is 12.6 Å². The van der Waals surface area contributed by atoms with Crippen LogP contribution in [0.5, 0.6) is 5.75 Å². The van der Waals surface area contributed by atoms with E-state index in [2.05, 4.69) is 10.6 Å². The number of amides is 2. The molecule has 0 radical (unpaired) electrons. The van der Waals surface area contributed by atoms with E-state index in [9.17, 15) is 9.59 Å². The van der Waals surface area contributed by atoms with Crippen LogP contribution in [0.1, 0.15) is 6.92 Å². The second kappa shape index (κ2) is 9.22. The highest BCUT2D eigenvalue weighted by atomic mass is 35.5. The molecule has 0 spiro atoms. The SMILES string of the molecule is COc1ccc(Cl)cc1NC(=O)C[NH+](C)[C@H](C)C(=O)Nc1ccccc1. The lowest BCUT2D eigenvalue weighted by atomic mass is 10.2. The summed E-state index contributed by atoms with van der Waals surface area (Å²) in [6, 6.07) is 13.8. The van der Waals surface area contributed by atoms with Crippen molar-refractivity contribution in [2.75, 3.05) is 31.3 Å². The Morgan fingerprint density at radius 1 is 1.15 bits per heavy atom. The Bertz CT molecular complexity index is 768. The first kappa shape index (κ1) is 19.8. The van der Waals surface area contributed by atoms with Crippen LogP contribution in [0.3, 0.4) is 0 Å². The van der Waals surface area contributed by atoms with E-state index in [4.69, 9.17) is 16.3 Å². The molecule has 2 amide bonds. The van der Waals surface area contributed by atoms with Gasteiger partial charge in [-0.15, -0.1) is 0 Å². The van der Waals surface area contributed by atoms with Crippen molar-refractivity contribution in [2.24, 2.45) is 0 Å². The number of benzene rings is 2. The Kier molecular flexibility index (Phi) is 7.00. The molecule has 0 aliphatic heterocycles. The Hall–Kier alpha value is -2.57. The number of halogens is 1. The lowest BCUT2D eigenvalue weighted by Crippen LogP contribution is -3.14. The van der Waals surface area contributed by atoms with Crippen LogP contribution in [0, 0.1) is 0 Å². The fourth-order valence-corrected chi connectivity index (χ4v) is 2.55. The van der Waals surface area contributed by atoms with Gasteiger partial charge in [0.25, 0.3) is 11.8 Å². The zero-order valence-corrected chi connectivity index (χ0v) is 15.8. The van der Waals surface area contributed by atoms with Crippen LogP contribution in [0.25, 0.3) is 0 Å². The topological polar surface area (TPSA) is 71.9 Å². The quantitative estimate of drug-likeness (QED) is 0.690. The van der Waals surface area contributed by atoms with Gasteiger partial charge in [0.05, 0.1) is 19.8 Å². The van der Waals surface area contributed by atoms with Crippen molar-refractivity contribution in [1.82, 2.24) is 0 Å². The second-order valence-corrected chi connectivity index (χ2v) is 6.43. The van der Waals surface area contributed by atoms with Gasteiger partial charge in [-0.2, -0.15) is 0 Å². The third-order valence-electron chi connectivity index (χ3n) is 4.05. The molecule has 2 aromatic carbocycles. The highest BCUT2D eigenvalue weighted by Crippen LogP contribution is 2.27. The fourth-order valence-electron chi connectivity index (χ4n) is 2.37. The van der Waals surface area contributed by atoms with Crippen LogP contribution in [0.4, 0.5) is 11.4 Å². The van der Waals surface area contributed by atoms with Crippen LogP contribution in [-0.2, 0) is 9.59 Å². The highest BCUT2D eigenvalue weighted by Gasteiger charge is 2.24. The van der Waals surface area contributed by atoms with Crippen LogP contribution >= 0.6 is 11.6 Å². The number of para-hydroxylation sites is 1. The van der Waals surface area contributed by atoms with Gasteiger partial charge >= 0.3 is 0 Å². The van der Waals surface area contributed by atoms with Gasteiger partial charge in [0.2, 0.25) is 0 Å². The van der Waals surface area contributed by atoms with Gasteiger partial charge < -0.3 is 20.3 Å². The van der Waals surface area contributed by atoms with Crippen LogP contribution in [0.2, 0.25) is 5.02 Å². The Morgan fingerprint density at radius 2 is 1.85 bits per heavy atom. The van der Waals surface area contributed by atoms with Crippen LogP contribution in [-0.4, -0.2) is 38.6 Å². The van der Waals surface area contributed by atoms with Crippen molar-refractivity contribution in [2.45, 2.75) is 13.0 Å². The average molecular weight is 377 g/mol. The molecule has 0 bridgehead atoms. The lowest BCUT2D eigenvalue weighted by Gasteiger charge is -2.21. The Balaban J connectivity index is 1.93. The summed E-state index contributed by atoms with van der Waals surface area (Å²) < 4.78 is 5.21. The van der Waals surface area contributed by atoms with E-state index in [-0.39, 0.29) is 18.4 Å². The number of carbonyl (C=O) groups is 2. The van der Waals surface area contributed by atoms with E-state index in [1.165, 1.54) is 7.11 Å². The number of hydrogen-bond acceptors (Lipinski definition) is 3. The Morgan fingerprint density at radius 3 is 2.50 bits per heavy atom. The molecule has 0 saturated heterocycles. The molecule has 26 heavy (non-hydrogen) atoms. The monoisotopic (exact) mass is 376 g/mol. The molecule has 0 aliphatic rings. The van der Waals surface area contributed by atoms with Gasteiger partial charge in [0.1, 0.15) is 5.75 Å². The molecule has 138 valence electrons. The standard InChI is InChI=1S/C19H22ClN3O3/c1-13(19(25)21-15-7-5-4-6-8-15)23(2)12-18(24)22-16-11-14(20)9-10-17(16)26-3/h4-11,13H,12H2,1-3H3,(H,21,25)(H,22,24)/p+1/t13-/m1/s1. The second-order valence-electron chi connectivity index (χ2n) is 5.99. The first-order chi connectivity index (χ1) is 12.4. The minimum Gasteiger partial charge on any atom is -0.495 e. The molecule has 2 atom stereocenters. The van der Waals surface area contributed by atoms with Crippen molar-refractivity contribution in [3.63, 3.8) is 0 Å². The third-order valence-corrected chi connectivity index (χ3v) is 4.28. The smallest absolute Gasteiger partial charge is 0.282 e. The molecule has 6 nitrogen and oxygen atoms in total. The van der Waals surface area contributed by atoms with E-state index in [1.54, 1.807) is 32.2 Å². The van der Waals surface area contributed by atoms with E-state index in [0.29, 0.717) is 16.5 Å². The minimum absolute atomic E-state index is 0.124. The molecule has 0 aromatic heterocycles. The maximum atomic E-state index is 12.3. The number of nitrogens with one attached hydrogen (secondary N) is 3. The van der Waals surface area contributed by atoms with Crippen LogP contribution in [0.15, 0.2) is 48.5 Å². The van der Waals surface area contributed by atoms with E-state index < -0.39 is 6.04 Å². The van der Waals surface area contributed by atoms with Crippen molar-refractivity contribution < 1.29 is 19.2 Å². The number of carbonyl (C=O) groups excluding carboxylic acids is 2. The molecular formula is C19H23ClN3O3+. The van der Waals surface area contributed by atoms with E-state index >= 15 is 0 Å². The summed E-state index contributed by atoms with van der Waals surface area (Å²) in [4.78, 5) is 25.4. The van der Waals surface area contributed by atoms with E-state index in [1.807, 2.05) is 30.3 Å². The maximum Gasteiger partial charge on any atom is 0.282 e. The van der Waals surface area contributed by atoms with Crippen molar-refractivity contribution >= 4 is 34.8 Å². The van der Waals surface area contributed by atoms with Gasteiger partial charge in [-0.05, 0) is 37.3 Å². The summed E-state index contributed by atoms with van der Waals surface area (Å²) in [6.07, 6.45) is 0. The molecule has 2 rings (SSSR count). The molecule has 0 fully saturated rings. The number of likely N-dealkylation sites (N-methyl/N-ethyl adjacent to an activating group) is 1. The molecule has 2 aromatic rings. The number of hydrogen-bond donors (Lipinski definition) is 3. The molecule has 0 heterocycles. The minimum atomic E-state index is -0.401. The largest absolute Gasteiger partial charge is 0.495 e. The molecule has 1 unspecified atom stereocenters. The highest BCUT2D eigenvalue weighted by molar-refractivity contribution is 6.31. The summed E-state index contributed by atoms with van der Waals surface area (Å²) >= 11 is 5.97. The summed E-state index contributed by atoms with van der Waals surface area (Å²) in [7, 11) is 3.32. The fraction of sp³-hybridized carbons (Fsp3) is 0.263. The number of rotatable bonds is 7. The van der Waals surface area contributed by atoms with Crippen molar-refractivity contribution in [3.05, 3.63) is 53.6 Å². The van der Waals surface area contributed by atoms with Crippen molar-refractivity contribution in [3.8, 4) is 5.75 Å². The zero-order valence-electron chi connectivity index (χ0n) is 15.0. The van der Waals surface area contributed by atoms with Crippen molar-refractivity contribution in [1.29, 1.82) is 0 Å². The molecule has 0 saturated carbocycles. The van der Waals surface area contributed by atoms with E-state index in [0.717, 1.165) is 10.6 Å². The third kappa shape index (κ3) is 5.47. The summed E-state index contributed by atoms with van der Waals surface area (Å²) in [5, 5.41) is 6.12. The maximum absolute atomic E-state index is 12.3. The predicted octanol–water partition coefficient (Wildman–Crippen LogP) is 1.83. The number of methoxy groups -OCH3 is 1. The average Bonchev–Trinajstić information content (AvgIpc) is 2.62. The van der Waals surface area contributed by atoms with Gasteiger partial charge in [-0.25, -0.2) is 0 Å². The number of quaternary nitrogens is 1. The van der Waals surface area contributed by atoms with Gasteiger partial charge in [-0.3, -0.25) is 9.59 Å². The first-order valence-corrected chi connectivity index (χ1v) is 8.60. The molecule has 7 heteroatoms. The summed E-state index contributed by atoms with van der Waals surface area (Å²) in [5.41, 5.74) is 1.23. The van der Waals surface area contributed by atoms with Gasteiger partial charge in [-0.1, -0.05) is 29.8 Å². The molecular weight excluding hydrogens is 354 g/mol.